The summed E-state index contributed by atoms with van der Waals surface area (Å²) in [6.07, 6.45) is 8.15. The SMILES string of the molecule is Cc1cc(C)c(-c2c(NCCC3=CCCCC3)c(=O)c2=O)cc1C. The third-order valence-electron chi connectivity index (χ3n) is 5.15. The van der Waals surface area contributed by atoms with Crippen LogP contribution in [-0.4, -0.2) is 6.54 Å². The molecule has 3 rings (SSSR count). The molecule has 0 saturated carbocycles. The van der Waals surface area contributed by atoms with Crippen LogP contribution in [0.5, 0.6) is 0 Å². The second kappa shape index (κ2) is 6.76. The summed E-state index contributed by atoms with van der Waals surface area (Å²) in [5, 5.41) is 3.22. The number of hydrogen-bond acceptors (Lipinski definition) is 3. The molecule has 0 unspecified atom stereocenters. The maximum Gasteiger partial charge on any atom is 0.250 e. The van der Waals surface area contributed by atoms with Crippen molar-refractivity contribution < 1.29 is 0 Å². The van der Waals surface area contributed by atoms with E-state index < -0.39 is 0 Å². The second-order valence-electron chi connectivity index (χ2n) is 6.94. The molecular formula is C21H25NO2. The standard InChI is InChI=1S/C21H25NO2/c1-13-11-15(3)17(12-14(13)2)18-19(21(24)20(18)23)22-10-9-16-7-5-4-6-8-16/h7,11-12,22H,4-6,8-10H2,1-3H3. The Bertz CT molecular complexity index is 867. The Hall–Kier alpha value is -2.16. The largest absolute Gasteiger partial charge is 0.381 e. The lowest BCUT2D eigenvalue weighted by Crippen LogP contribution is -2.36. The zero-order valence-corrected chi connectivity index (χ0v) is 14.8. The molecule has 1 N–H and O–H groups in total. The molecule has 0 heterocycles. The fourth-order valence-corrected chi connectivity index (χ4v) is 3.53. The molecule has 0 aliphatic heterocycles. The van der Waals surface area contributed by atoms with Crippen molar-refractivity contribution in [3.05, 3.63) is 60.9 Å². The van der Waals surface area contributed by atoms with Crippen LogP contribution in [0, 0.1) is 20.8 Å². The summed E-state index contributed by atoms with van der Waals surface area (Å²) in [4.78, 5) is 24.1. The third-order valence-corrected chi connectivity index (χ3v) is 5.15. The number of allylic oxidation sites excluding steroid dienone is 1. The maximum absolute atomic E-state index is 12.1. The summed E-state index contributed by atoms with van der Waals surface area (Å²) in [5.41, 5.74) is 6.08. The van der Waals surface area contributed by atoms with Crippen molar-refractivity contribution in [3.8, 4) is 11.1 Å². The van der Waals surface area contributed by atoms with Gasteiger partial charge in [-0.25, -0.2) is 0 Å². The van der Waals surface area contributed by atoms with Gasteiger partial charge in [-0.15, -0.1) is 0 Å². The van der Waals surface area contributed by atoms with Crippen molar-refractivity contribution in [1.29, 1.82) is 0 Å². The second-order valence-corrected chi connectivity index (χ2v) is 6.94. The van der Waals surface area contributed by atoms with Crippen molar-refractivity contribution in [2.75, 3.05) is 11.9 Å². The number of benzene rings is 1. The topological polar surface area (TPSA) is 46.2 Å². The van der Waals surface area contributed by atoms with Gasteiger partial charge in [0.15, 0.2) is 0 Å². The van der Waals surface area contributed by atoms with Crippen LogP contribution in [0.15, 0.2) is 33.4 Å². The molecule has 2 aromatic rings. The van der Waals surface area contributed by atoms with E-state index in [1.807, 2.05) is 19.9 Å². The van der Waals surface area contributed by atoms with Gasteiger partial charge in [0.05, 0.1) is 11.3 Å². The van der Waals surface area contributed by atoms with E-state index in [4.69, 9.17) is 0 Å². The molecular weight excluding hydrogens is 298 g/mol. The molecule has 0 amide bonds. The van der Waals surface area contributed by atoms with Crippen LogP contribution in [0.25, 0.3) is 11.1 Å². The van der Waals surface area contributed by atoms with Gasteiger partial charge in [-0.1, -0.05) is 23.8 Å². The van der Waals surface area contributed by atoms with Crippen LogP contribution < -0.4 is 16.2 Å². The van der Waals surface area contributed by atoms with E-state index >= 15 is 0 Å². The molecule has 0 saturated heterocycles. The molecule has 1 aliphatic rings. The first-order valence-corrected chi connectivity index (χ1v) is 8.82. The van der Waals surface area contributed by atoms with Gasteiger partial charge in [-0.05, 0) is 75.1 Å². The van der Waals surface area contributed by atoms with Crippen LogP contribution in [0.3, 0.4) is 0 Å². The Morgan fingerprint density at radius 2 is 1.71 bits per heavy atom. The van der Waals surface area contributed by atoms with Gasteiger partial charge < -0.3 is 5.32 Å². The lowest BCUT2D eigenvalue weighted by molar-refractivity contribution is 0.679. The van der Waals surface area contributed by atoms with Crippen LogP contribution in [0.2, 0.25) is 0 Å². The maximum atomic E-state index is 12.1. The van der Waals surface area contributed by atoms with Crippen molar-refractivity contribution in [2.45, 2.75) is 52.9 Å². The molecule has 0 aromatic heterocycles. The molecule has 0 bridgehead atoms. The van der Waals surface area contributed by atoms with Crippen molar-refractivity contribution >= 4 is 5.69 Å². The number of aryl methyl sites for hydroxylation is 3. The third kappa shape index (κ3) is 3.08. The summed E-state index contributed by atoms with van der Waals surface area (Å²) in [6.45, 7) is 6.81. The smallest absolute Gasteiger partial charge is 0.250 e. The van der Waals surface area contributed by atoms with Gasteiger partial charge >= 0.3 is 0 Å². The van der Waals surface area contributed by atoms with Gasteiger partial charge in [0.25, 0.3) is 0 Å². The predicted molar refractivity (Wildman–Crippen MR) is 101 cm³/mol. The lowest BCUT2D eigenvalue weighted by atomic mass is 9.91. The molecule has 0 fully saturated rings. The van der Waals surface area contributed by atoms with Crippen molar-refractivity contribution in [1.82, 2.24) is 0 Å². The van der Waals surface area contributed by atoms with E-state index in [0.29, 0.717) is 17.8 Å². The average molecular weight is 323 g/mol. The minimum absolute atomic E-state index is 0.360. The van der Waals surface area contributed by atoms with E-state index in [1.54, 1.807) is 0 Å². The van der Waals surface area contributed by atoms with Crippen LogP contribution in [0.1, 0.15) is 48.8 Å². The Morgan fingerprint density at radius 1 is 0.958 bits per heavy atom. The fourth-order valence-electron chi connectivity index (χ4n) is 3.53. The zero-order chi connectivity index (χ0) is 17.3. The van der Waals surface area contributed by atoms with Gasteiger partial charge in [0, 0.05) is 6.54 Å². The van der Waals surface area contributed by atoms with Gasteiger partial charge in [-0.3, -0.25) is 9.59 Å². The fraction of sp³-hybridized carbons (Fsp3) is 0.429. The van der Waals surface area contributed by atoms with Crippen LogP contribution >= 0.6 is 0 Å². The number of nitrogens with one attached hydrogen (secondary N) is 1. The molecule has 3 nitrogen and oxygen atoms in total. The normalized spacial score (nSPS) is 14.7. The monoisotopic (exact) mass is 323 g/mol. The summed E-state index contributed by atoms with van der Waals surface area (Å²) >= 11 is 0. The van der Waals surface area contributed by atoms with Gasteiger partial charge in [0.2, 0.25) is 10.9 Å². The van der Waals surface area contributed by atoms with E-state index in [-0.39, 0.29) is 10.9 Å². The Labute approximate surface area is 143 Å². The lowest BCUT2D eigenvalue weighted by Gasteiger charge is -2.18. The highest BCUT2D eigenvalue weighted by molar-refractivity contribution is 5.84. The minimum Gasteiger partial charge on any atom is -0.381 e. The Morgan fingerprint density at radius 3 is 2.42 bits per heavy atom. The summed E-state index contributed by atoms with van der Waals surface area (Å²) in [6, 6.07) is 4.11. The minimum atomic E-state index is -0.375. The van der Waals surface area contributed by atoms with Crippen molar-refractivity contribution in [3.63, 3.8) is 0 Å². The van der Waals surface area contributed by atoms with Gasteiger partial charge in [0.1, 0.15) is 0 Å². The van der Waals surface area contributed by atoms with Crippen LogP contribution in [-0.2, 0) is 0 Å². The van der Waals surface area contributed by atoms with Crippen LogP contribution in [0.4, 0.5) is 5.69 Å². The average Bonchev–Trinajstić information content (AvgIpc) is 2.58. The first-order valence-electron chi connectivity index (χ1n) is 8.82. The highest BCUT2D eigenvalue weighted by atomic mass is 16.2. The Kier molecular flexibility index (Phi) is 4.70. The molecule has 1 aliphatic carbocycles. The molecule has 2 aromatic carbocycles. The molecule has 24 heavy (non-hydrogen) atoms. The first kappa shape index (κ1) is 16.7. The zero-order valence-electron chi connectivity index (χ0n) is 14.8. The van der Waals surface area contributed by atoms with E-state index in [1.165, 1.54) is 30.4 Å². The predicted octanol–water partition coefficient (Wildman–Crippen LogP) is 4.18. The van der Waals surface area contributed by atoms with E-state index in [0.717, 1.165) is 29.5 Å². The Balaban J connectivity index is 1.80. The molecule has 0 radical (unpaired) electrons. The summed E-state index contributed by atoms with van der Waals surface area (Å²) in [5.74, 6) is 0. The highest BCUT2D eigenvalue weighted by Gasteiger charge is 2.23. The number of rotatable bonds is 5. The molecule has 126 valence electrons. The first-order chi connectivity index (χ1) is 11.5. The quantitative estimate of drug-likeness (QED) is 0.663. The number of hydrogen-bond donors (Lipinski definition) is 1. The summed E-state index contributed by atoms with van der Waals surface area (Å²) in [7, 11) is 0. The molecule has 0 atom stereocenters. The highest BCUT2D eigenvalue weighted by Crippen LogP contribution is 2.29. The van der Waals surface area contributed by atoms with Crippen molar-refractivity contribution in [2.24, 2.45) is 0 Å². The molecule has 0 spiro atoms. The molecule has 3 heteroatoms. The van der Waals surface area contributed by atoms with E-state index in [9.17, 15) is 9.59 Å². The van der Waals surface area contributed by atoms with Gasteiger partial charge in [-0.2, -0.15) is 0 Å². The van der Waals surface area contributed by atoms with E-state index in [2.05, 4.69) is 24.4 Å². The number of anilines is 1. The summed E-state index contributed by atoms with van der Waals surface area (Å²) < 4.78 is 0.